The molecule has 0 amide bonds. The number of aromatic nitrogens is 1. The van der Waals surface area contributed by atoms with E-state index in [4.69, 9.17) is 4.74 Å². The van der Waals surface area contributed by atoms with Crippen molar-refractivity contribution in [2.75, 3.05) is 26.1 Å². The Morgan fingerprint density at radius 2 is 1.78 bits per heavy atom. The number of carbonyl (C=O) groups excluding carboxylic acids is 1. The van der Waals surface area contributed by atoms with Gasteiger partial charge in [-0.25, -0.2) is 4.99 Å². The number of nitrogens with zero attached hydrogens (tertiary/aromatic N) is 3. The zero-order valence-electron chi connectivity index (χ0n) is 18.7. The number of ketones is 1. The van der Waals surface area contributed by atoms with Gasteiger partial charge in [0.25, 0.3) is 5.56 Å². The fourth-order valence-corrected chi connectivity index (χ4v) is 4.94. The number of Topliss-reactive ketones (excluding diaryl/α,β-unsaturated/α-hetero) is 1. The van der Waals surface area contributed by atoms with E-state index in [1.807, 2.05) is 80.5 Å². The Hall–Kier alpha value is -3.45. The molecule has 2 aromatic carbocycles. The van der Waals surface area contributed by atoms with Gasteiger partial charge < -0.3 is 9.64 Å². The number of benzene rings is 2. The van der Waals surface area contributed by atoms with E-state index in [9.17, 15) is 9.59 Å². The first kappa shape index (κ1) is 21.8. The van der Waals surface area contributed by atoms with Crippen LogP contribution in [0, 0.1) is 0 Å². The summed E-state index contributed by atoms with van der Waals surface area (Å²) in [5.74, 6) is 0.619. The number of anilines is 1. The van der Waals surface area contributed by atoms with E-state index in [2.05, 4.69) is 4.99 Å². The molecular weight excluding hydrogens is 422 g/mol. The van der Waals surface area contributed by atoms with Crippen molar-refractivity contribution in [2.24, 2.45) is 4.99 Å². The topological polar surface area (TPSA) is 63.9 Å². The van der Waals surface area contributed by atoms with E-state index < -0.39 is 6.04 Å². The van der Waals surface area contributed by atoms with Crippen molar-refractivity contribution >= 4 is 28.9 Å². The van der Waals surface area contributed by atoms with Gasteiger partial charge in [0.1, 0.15) is 5.75 Å². The smallest absolute Gasteiger partial charge is 0.271 e. The van der Waals surface area contributed by atoms with Gasteiger partial charge in [-0.15, -0.1) is 0 Å². The van der Waals surface area contributed by atoms with Gasteiger partial charge >= 0.3 is 0 Å². The molecular formula is C25H25N3O3S. The van der Waals surface area contributed by atoms with Gasteiger partial charge in [-0.3, -0.25) is 14.2 Å². The molecule has 4 rings (SSSR count). The molecule has 6 nitrogen and oxygen atoms in total. The lowest BCUT2D eigenvalue weighted by Crippen LogP contribution is -2.39. The first-order valence-corrected chi connectivity index (χ1v) is 11.1. The average Bonchev–Trinajstić information content (AvgIpc) is 3.07. The molecule has 1 atom stereocenters. The molecule has 0 saturated heterocycles. The molecule has 0 fully saturated rings. The van der Waals surface area contributed by atoms with Crippen molar-refractivity contribution in [1.29, 1.82) is 0 Å². The molecule has 1 aliphatic rings. The third-order valence-corrected chi connectivity index (χ3v) is 6.52. The summed E-state index contributed by atoms with van der Waals surface area (Å²) in [6.07, 6.45) is 1.88. The normalized spacial score (nSPS) is 15.9. The summed E-state index contributed by atoms with van der Waals surface area (Å²) in [6, 6.07) is 14.9. The lowest BCUT2D eigenvalue weighted by atomic mass is 9.93. The van der Waals surface area contributed by atoms with Crippen molar-refractivity contribution in [3.05, 3.63) is 90.6 Å². The quantitative estimate of drug-likeness (QED) is 0.603. The predicted octanol–water partition coefficient (Wildman–Crippen LogP) is 2.90. The molecule has 0 radical (unpaired) electrons. The number of rotatable bonds is 5. The highest BCUT2D eigenvalue weighted by atomic mass is 32.1. The molecule has 0 N–H and O–H groups in total. The Bertz CT molecular complexity index is 1380. The van der Waals surface area contributed by atoms with Crippen LogP contribution in [0.5, 0.6) is 5.75 Å². The number of carbonyl (C=O) groups is 1. The van der Waals surface area contributed by atoms with Crippen LogP contribution in [0.2, 0.25) is 0 Å². The molecule has 0 unspecified atom stereocenters. The number of hydrogen-bond donors (Lipinski definition) is 0. The average molecular weight is 448 g/mol. The van der Waals surface area contributed by atoms with Crippen LogP contribution < -0.4 is 24.5 Å². The summed E-state index contributed by atoms with van der Waals surface area (Å²) in [5.41, 5.74) is 3.88. The first-order chi connectivity index (χ1) is 15.3. The van der Waals surface area contributed by atoms with Crippen LogP contribution in [0.3, 0.4) is 0 Å². The van der Waals surface area contributed by atoms with E-state index in [1.54, 1.807) is 11.7 Å². The van der Waals surface area contributed by atoms with Crippen molar-refractivity contribution in [2.45, 2.75) is 19.9 Å². The summed E-state index contributed by atoms with van der Waals surface area (Å²) in [5, 5.41) is 0. The molecule has 164 valence electrons. The second-order valence-electron chi connectivity index (χ2n) is 7.90. The SMILES string of the molecule is COc1ccc([C@@H]2C(C(C)=O)=C(C)N=c3s/c(=C/c4ccc(N(C)C)cc4)c(=O)n32)cc1. The molecule has 1 aromatic heterocycles. The lowest BCUT2D eigenvalue weighted by molar-refractivity contribution is -0.114. The number of hydrogen-bond acceptors (Lipinski definition) is 6. The summed E-state index contributed by atoms with van der Waals surface area (Å²) in [6.45, 7) is 3.34. The van der Waals surface area contributed by atoms with Crippen molar-refractivity contribution < 1.29 is 9.53 Å². The molecule has 7 heteroatoms. The number of thiazole rings is 1. The Balaban J connectivity index is 1.89. The summed E-state index contributed by atoms with van der Waals surface area (Å²) >= 11 is 1.34. The van der Waals surface area contributed by atoms with Crippen LogP contribution in [0.4, 0.5) is 5.69 Å². The Labute approximate surface area is 190 Å². The standard InChI is InChI=1S/C25H25N3O3S/c1-15-22(16(2)29)23(18-8-12-20(31-5)13-9-18)28-24(30)21(32-25(28)26-15)14-17-6-10-19(11-7-17)27(3)4/h6-14,23H,1-5H3/b21-14+/t23-/m1/s1. The maximum absolute atomic E-state index is 13.5. The third-order valence-electron chi connectivity index (χ3n) is 5.54. The number of methoxy groups -OCH3 is 1. The second kappa shape index (κ2) is 8.59. The molecule has 0 bridgehead atoms. The van der Waals surface area contributed by atoms with Gasteiger partial charge in [-0.1, -0.05) is 35.6 Å². The van der Waals surface area contributed by atoms with Gasteiger partial charge in [0.15, 0.2) is 10.6 Å². The predicted molar refractivity (Wildman–Crippen MR) is 128 cm³/mol. The Morgan fingerprint density at radius 3 is 2.34 bits per heavy atom. The van der Waals surface area contributed by atoms with Gasteiger partial charge in [0.2, 0.25) is 0 Å². The monoisotopic (exact) mass is 447 g/mol. The zero-order valence-corrected chi connectivity index (χ0v) is 19.6. The highest BCUT2D eigenvalue weighted by Crippen LogP contribution is 2.31. The van der Waals surface area contributed by atoms with Gasteiger partial charge in [-0.05, 0) is 55.3 Å². The molecule has 0 aliphatic carbocycles. The van der Waals surface area contributed by atoms with E-state index in [1.165, 1.54) is 18.3 Å². The van der Waals surface area contributed by atoms with Gasteiger partial charge in [0, 0.05) is 31.1 Å². The fourth-order valence-electron chi connectivity index (χ4n) is 3.89. The fraction of sp³-hybridized carbons (Fsp3) is 0.240. The van der Waals surface area contributed by atoms with Crippen LogP contribution >= 0.6 is 11.3 Å². The summed E-state index contributed by atoms with van der Waals surface area (Å²) in [7, 11) is 5.58. The minimum atomic E-state index is -0.520. The van der Waals surface area contributed by atoms with Crippen molar-refractivity contribution in [3.63, 3.8) is 0 Å². The van der Waals surface area contributed by atoms with Gasteiger partial charge in [-0.2, -0.15) is 0 Å². The van der Waals surface area contributed by atoms with Gasteiger partial charge in [0.05, 0.1) is 17.7 Å². The minimum absolute atomic E-state index is 0.0966. The number of allylic oxidation sites excluding steroid dienone is 2. The first-order valence-electron chi connectivity index (χ1n) is 10.2. The maximum atomic E-state index is 13.5. The molecule has 1 aliphatic heterocycles. The summed E-state index contributed by atoms with van der Waals surface area (Å²) in [4.78, 5) is 33.3. The van der Waals surface area contributed by atoms with Crippen molar-refractivity contribution in [1.82, 2.24) is 4.57 Å². The van der Waals surface area contributed by atoms with Crippen LogP contribution in [-0.4, -0.2) is 31.6 Å². The lowest BCUT2D eigenvalue weighted by Gasteiger charge is -2.24. The van der Waals surface area contributed by atoms with Crippen LogP contribution in [0.15, 0.2) is 69.6 Å². The molecule has 32 heavy (non-hydrogen) atoms. The molecule has 2 heterocycles. The third kappa shape index (κ3) is 3.91. The van der Waals surface area contributed by atoms with Crippen LogP contribution in [0.1, 0.15) is 31.0 Å². The van der Waals surface area contributed by atoms with Crippen LogP contribution in [0.25, 0.3) is 6.08 Å². The largest absolute Gasteiger partial charge is 0.497 e. The Kier molecular flexibility index (Phi) is 5.84. The van der Waals surface area contributed by atoms with E-state index in [-0.39, 0.29) is 11.3 Å². The molecule has 0 spiro atoms. The van der Waals surface area contributed by atoms with E-state index in [0.29, 0.717) is 26.4 Å². The maximum Gasteiger partial charge on any atom is 0.271 e. The van der Waals surface area contributed by atoms with Crippen LogP contribution in [-0.2, 0) is 4.79 Å². The van der Waals surface area contributed by atoms with E-state index >= 15 is 0 Å². The summed E-state index contributed by atoms with van der Waals surface area (Å²) < 4.78 is 7.48. The number of ether oxygens (including phenoxy) is 1. The van der Waals surface area contributed by atoms with Crippen molar-refractivity contribution in [3.8, 4) is 5.75 Å². The number of fused-ring (bicyclic) bond motifs is 1. The second-order valence-corrected chi connectivity index (χ2v) is 8.91. The zero-order chi connectivity index (χ0) is 23.0. The Morgan fingerprint density at radius 1 is 1.12 bits per heavy atom. The highest BCUT2D eigenvalue weighted by Gasteiger charge is 2.30. The molecule has 0 saturated carbocycles. The van der Waals surface area contributed by atoms with E-state index in [0.717, 1.165) is 16.8 Å². The highest BCUT2D eigenvalue weighted by molar-refractivity contribution is 7.07. The minimum Gasteiger partial charge on any atom is -0.497 e. The molecule has 3 aromatic rings.